The highest BCUT2D eigenvalue weighted by Crippen LogP contribution is 2.29. The molecule has 0 aliphatic rings. The van der Waals surface area contributed by atoms with Crippen molar-refractivity contribution in [3.63, 3.8) is 0 Å². The molecule has 0 fully saturated rings. The molecule has 0 aliphatic carbocycles. The Bertz CT molecular complexity index is 763. The smallest absolute Gasteiger partial charge is 0.272 e. The van der Waals surface area contributed by atoms with Gasteiger partial charge in [-0.25, -0.2) is 18.8 Å². The molecule has 2 aromatic rings. The second-order valence-corrected chi connectivity index (χ2v) is 5.07. The lowest BCUT2D eigenvalue weighted by Crippen LogP contribution is -2.22. The molecule has 0 amide bonds. The summed E-state index contributed by atoms with van der Waals surface area (Å²) in [6.45, 7) is -0.541. The summed E-state index contributed by atoms with van der Waals surface area (Å²) in [5.41, 5.74) is 7.07. The molecule has 1 heterocycles. The normalized spacial score (nSPS) is 10.9. The molecule has 0 unspecified atom stereocenters. The van der Waals surface area contributed by atoms with E-state index in [4.69, 9.17) is 19.9 Å². The highest BCUT2D eigenvalue weighted by atomic mass is 127. The van der Waals surface area contributed by atoms with E-state index in [-0.39, 0.29) is 42.4 Å². The van der Waals surface area contributed by atoms with Crippen LogP contribution in [-0.4, -0.2) is 38.2 Å². The molecule has 0 radical (unpaired) electrons. The number of nitrogens with one attached hydrogen (secondary N) is 1. The van der Waals surface area contributed by atoms with E-state index in [1.54, 1.807) is 37.4 Å². The molecule has 27 heavy (non-hydrogen) atoms. The van der Waals surface area contributed by atoms with Crippen molar-refractivity contribution in [2.24, 2.45) is 10.7 Å². The molecule has 0 aliphatic heterocycles. The molecule has 148 valence electrons. The Hall–Kier alpha value is -2.37. The Morgan fingerprint density at radius 3 is 2.59 bits per heavy atom. The maximum absolute atomic E-state index is 12.2. The molecule has 0 saturated heterocycles. The predicted molar refractivity (Wildman–Crippen MR) is 110 cm³/mol. The number of anilines is 1. The number of aromatic nitrogens is 1. The van der Waals surface area contributed by atoms with E-state index in [2.05, 4.69) is 15.3 Å². The minimum absolute atomic E-state index is 0. The average molecular weight is 494 g/mol. The molecular formula is C17H21F2IN4O3. The monoisotopic (exact) mass is 494 g/mol. The van der Waals surface area contributed by atoms with Crippen molar-refractivity contribution < 1.29 is 23.0 Å². The number of hydrogen-bond acceptors (Lipinski definition) is 5. The predicted octanol–water partition coefficient (Wildman–Crippen LogP) is 3.29. The summed E-state index contributed by atoms with van der Waals surface area (Å²) in [5, 5.41) is 2.93. The number of nitrogens with zero attached hydrogens (tertiary/aromatic N) is 2. The van der Waals surface area contributed by atoms with Gasteiger partial charge in [-0.2, -0.15) is 0 Å². The molecular weight excluding hydrogens is 473 g/mol. The van der Waals surface area contributed by atoms with Crippen LogP contribution in [0.5, 0.6) is 17.4 Å². The second kappa shape index (κ2) is 11.4. The first-order valence-corrected chi connectivity index (χ1v) is 7.67. The van der Waals surface area contributed by atoms with E-state index in [0.29, 0.717) is 22.9 Å². The van der Waals surface area contributed by atoms with Gasteiger partial charge in [-0.3, -0.25) is 0 Å². The molecule has 0 saturated carbocycles. The van der Waals surface area contributed by atoms with Gasteiger partial charge in [0, 0.05) is 17.8 Å². The summed E-state index contributed by atoms with van der Waals surface area (Å²) in [6.07, 6.45) is -2.56. The van der Waals surface area contributed by atoms with Gasteiger partial charge in [-0.05, 0) is 18.2 Å². The first-order chi connectivity index (χ1) is 12.5. The van der Waals surface area contributed by atoms with Crippen LogP contribution in [0.3, 0.4) is 0 Å². The topological polar surface area (TPSA) is 91.0 Å². The average Bonchev–Trinajstić information content (AvgIpc) is 2.65. The first-order valence-electron chi connectivity index (χ1n) is 7.67. The molecule has 1 aromatic carbocycles. The largest absolute Gasteiger partial charge is 0.493 e. The summed E-state index contributed by atoms with van der Waals surface area (Å²) in [6, 6.07) is 10.1. The van der Waals surface area contributed by atoms with Crippen LogP contribution in [0.15, 0.2) is 41.4 Å². The van der Waals surface area contributed by atoms with Crippen LogP contribution in [0, 0.1) is 0 Å². The van der Waals surface area contributed by atoms with Gasteiger partial charge in [-0.1, -0.05) is 6.07 Å². The summed E-state index contributed by atoms with van der Waals surface area (Å²) >= 11 is 0. The maximum Gasteiger partial charge on any atom is 0.272 e. The molecule has 0 spiro atoms. The van der Waals surface area contributed by atoms with Crippen molar-refractivity contribution >= 4 is 35.6 Å². The second-order valence-electron chi connectivity index (χ2n) is 5.07. The Morgan fingerprint density at radius 1 is 1.19 bits per heavy atom. The quantitative estimate of drug-likeness (QED) is 0.333. The van der Waals surface area contributed by atoms with Gasteiger partial charge in [0.1, 0.15) is 0 Å². The van der Waals surface area contributed by atoms with Gasteiger partial charge < -0.3 is 25.3 Å². The SMILES string of the molecule is COc1ccc(NC(N)=NCc2cccc(OCC(F)F)n2)cc1OC.I. The highest BCUT2D eigenvalue weighted by Gasteiger charge is 2.06. The third kappa shape index (κ3) is 7.41. The third-order valence-electron chi connectivity index (χ3n) is 3.21. The van der Waals surface area contributed by atoms with Gasteiger partial charge >= 0.3 is 0 Å². The Labute approximate surface area is 172 Å². The maximum atomic E-state index is 12.2. The third-order valence-corrected chi connectivity index (χ3v) is 3.21. The molecule has 7 nitrogen and oxygen atoms in total. The van der Waals surface area contributed by atoms with Crippen molar-refractivity contribution in [3.8, 4) is 17.4 Å². The molecule has 2 rings (SSSR count). The minimum atomic E-state index is -2.56. The summed E-state index contributed by atoms with van der Waals surface area (Å²) < 4.78 is 39.6. The van der Waals surface area contributed by atoms with Gasteiger partial charge in [-0.15, -0.1) is 24.0 Å². The Kier molecular flexibility index (Phi) is 9.54. The highest BCUT2D eigenvalue weighted by molar-refractivity contribution is 14.0. The molecule has 1 aromatic heterocycles. The lowest BCUT2D eigenvalue weighted by molar-refractivity contribution is 0.0795. The van der Waals surface area contributed by atoms with Crippen LogP contribution < -0.4 is 25.3 Å². The van der Waals surface area contributed by atoms with Crippen LogP contribution in [0.1, 0.15) is 5.69 Å². The van der Waals surface area contributed by atoms with E-state index in [0.717, 1.165) is 0 Å². The number of guanidine groups is 1. The number of ether oxygens (including phenoxy) is 3. The first kappa shape index (κ1) is 22.7. The van der Waals surface area contributed by atoms with E-state index in [1.807, 2.05) is 0 Å². The van der Waals surface area contributed by atoms with Gasteiger partial charge in [0.05, 0.1) is 26.5 Å². The fraction of sp³-hybridized carbons (Fsp3) is 0.294. The van der Waals surface area contributed by atoms with Crippen LogP contribution in [0.2, 0.25) is 0 Å². The number of hydrogen-bond donors (Lipinski definition) is 2. The Morgan fingerprint density at radius 2 is 1.93 bits per heavy atom. The van der Waals surface area contributed by atoms with Crippen molar-refractivity contribution in [2.45, 2.75) is 13.0 Å². The minimum Gasteiger partial charge on any atom is -0.493 e. The number of methoxy groups -OCH3 is 2. The Balaban J connectivity index is 0.00000364. The van der Waals surface area contributed by atoms with Crippen LogP contribution in [0.4, 0.5) is 14.5 Å². The zero-order valence-corrected chi connectivity index (χ0v) is 17.1. The van der Waals surface area contributed by atoms with Crippen LogP contribution >= 0.6 is 24.0 Å². The molecule has 10 heteroatoms. The number of benzene rings is 1. The summed E-state index contributed by atoms with van der Waals surface area (Å²) in [7, 11) is 3.08. The number of aliphatic imine (C=N–C) groups is 1. The van der Waals surface area contributed by atoms with E-state index >= 15 is 0 Å². The van der Waals surface area contributed by atoms with E-state index in [9.17, 15) is 8.78 Å². The van der Waals surface area contributed by atoms with E-state index < -0.39 is 13.0 Å². The zero-order valence-electron chi connectivity index (χ0n) is 14.8. The lowest BCUT2D eigenvalue weighted by atomic mass is 10.3. The summed E-state index contributed by atoms with van der Waals surface area (Å²) in [4.78, 5) is 8.26. The number of pyridine rings is 1. The number of alkyl halides is 2. The van der Waals surface area contributed by atoms with Crippen molar-refractivity contribution in [3.05, 3.63) is 42.1 Å². The number of halogens is 3. The van der Waals surface area contributed by atoms with Crippen molar-refractivity contribution in [2.75, 3.05) is 26.1 Å². The zero-order chi connectivity index (χ0) is 18.9. The number of nitrogens with two attached hydrogens (primary N) is 1. The standard InChI is InChI=1S/C17H20F2N4O3.HI/c1-24-13-7-6-11(8-14(13)25-2)23-17(20)21-9-12-4-3-5-16(22-12)26-10-15(18)19;/h3-8,15H,9-10H2,1-2H3,(H3,20,21,23);1H. The summed E-state index contributed by atoms with van der Waals surface area (Å²) in [5.74, 6) is 1.43. The van der Waals surface area contributed by atoms with Gasteiger partial charge in [0.25, 0.3) is 6.43 Å². The van der Waals surface area contributed by atoms with Crippen molar-refractivity contribution in [1.82, 2.24) is 4.98 Å². The molecule has 0 bridgehead atoms. The van der Waals surface area contributed by atoms with Gasteiger partial charge in [0.15, 0.2) is 24.1 Å². The fourth-order valence-corrected chi connectivity index (χ4v) is 2.04. The number of rotatable bonds is 8. The molecule has 0 atom stereocenters. The van der Waals surface area contributed by atoms with Crippen LogP contribution in [0.25, 0.3) is 0 Å². The van der Waals surface area contributed by atoms with Crippen molar-refractivity contribution in [1.29, 1.82) is 0 Å². The lowest BCUT2D eigenvalue weighted by Gasteiger charge is -2.11. The van der Waals surface area contributed by atoms with Crippen LogP contribution in [-0.2, 0) is 6.54 Å². The molecule has 3 N–H and O–H groups in total. The fourth-order valence-electron chi connectivity index (χ4n) is 2.04. The van der Waals surface area contributed by atoms with Gasteiger partial charge in [0.2, 0.25) is 5.88 Å². The van der Waals surface area contributed by atoms with E-state index in [1.165, 1.54) is 13.2 Å².